The van der Waals surface area contributed by atoms with E-state index in [2.05, 4.69) is 10.4 Å². The van der Waals surface area contributed by atoms with Crippen molar-refractivity contribution in [1.82, 2.24) is 20.0 Å². The van der Waals surface area contributed by atoms with Crippen LogP contribution in [0, 0.1) is 11.7 Å². The number of amides is 1. The van der Waals surface area contributed by atoms with Gasteiger partial charge in [0.05, 0.1) is 6.10 Å². The fourth-order valence-electron chi connectivity index (χ4n) is 4.55. The van der Waals surface area contributed by atoms with E-state index in [1.165, 1.54) is 12.1 Å². The lowest BCUT2D eigenvalue weighted by Gasteiger charge is -2.42. The van der Waals surface area contributed by atoms with Gasteiger partial charge in [-0.15, -0.1) is 12.4 Å². The zero-order valence-corrected chi connectivity index (χ0v) is 17.2. The van der Waals surface area contributed by atoms with Gasteiger partial charge < -0.3 is 15.3 Å². The standard InChI is InChI=1S/C21H27FN4O2.ClH/c22-18-4-2-16(3-5-18)19(27)17-6-14-25(15-7-17)20(28)21(8-11-23-12-9-21)26-13-1-10-24-26;/h1-5,10,13,17,19,23,27H,6-9,11-12,14-15H2;1H. The molecule has 0 saturated carbocycles. The van der Waals surface area contributed by atoms with Crippen LogP contribution in [0.25, 0.3) is 0 Å². The maximum absolute atomic E-state index is 13.5. The molecule has 0 bridgehead atoms. The third kappa shape index (κ3) is 4.32. The predicted molar refractivity (Wildman–Crippen MR) is 110 cm³/mol. The lowest BCUT2D eigenvalue weighted by molar-refractivity contribution is -0.145. The smallest absolute Gasteiger partial charge is 0.250 e. The number of aliphatic hydroxyl groups is 1. The number of benzene rings is 1. The van der Waals surface area contributed by atoms with Crippen LogP contribution < -0.4 is 5.32 Å². The van der Waals surface area contributed by atoms with E-state index >= 15 is 0 Å². The van der Waals surface area contributed by atoms with Gasteiger partial charge in [0.15, 0.2) is 0 Å². The Labute approximate surface area is 176 Å². The van der Waals surface area contributed by atoms with Gasteiger partial charge >= 0.3 is 0 Å². The SMILES string of the molecule is Cl.O=C(N1CCC(C(O)c2ccc(F)cc2)CC1)C1(n2cccn2)CCNCC1. The Morgan fingerprint density at radius 3 is 2.45 bits per heavy atom. The Hall–Kier alpha value is -1.96. The lowest BCUT2D eigenvalue weighted by Crippen LogP contribution is -2.57. The van der Waals surface area contributed by atoms with E-state index in [9.17, 15) is 14.3 Å². The van der Waals surface area contributed by atoms with Crippen molar-refractivity contribution in [3.63, 3.8) is 0 Å². The number of nitrogens with one attached hydrogen (secondary N) is 1. The number of rotatable bonds is 4. The zero-order valence-electron chi connectivity index (χ0n) is 16.3. The second-order valence-corrected chi connectivity index (χ2v) is 7.86. The molecule has 0 radical (unpaired) electrons. The number of piperidine rings is 2. The lowest BCUT2D eigenvalue weighted by atomic mass is 9.84. The highest BCUT2D eigenvalue weighted by Gasteiger charge is 2.45. The van der Waals surface area contributed by atoms with Gasteiger partial charge in [-0.05, 0) is 68.5 Å². The molecule has 1 aromatic carbocycles. The molecule has 4 rings (SSSR count). The van der Waals surface area contributed by atoms with E-state index in [1.54, 1.807) is 18.3 Å². The van der Waals surface area contributed by atoms with Gasteiger partial charge in [-0.1, -0.05) is 12.1 Å². The number of hydrogen-bond acceptors (Lipinski definition) is 4. The van der Waals surface area contributed by atoms with E-state index in [1.807, 2.05) is 21.8 Å². The summed E-state index contributed by atoms with van der Waals surface area (Å²) in [4.78, 5) is 15.4. The first-order valence-corrected chi connectivity index (χ1v) is 10.0. The van der Waals surface area contributed by atoms with Gasteiger partial charge in [0.1, 0.15) is 11.4 Å². The van der Waals surface area contributed by atoms with E-state index in [4.69, 9.17) is 0 Å². The fourth-order valence-corrected chi connectivity index (χ4v) is 4.55. The molecule has 0 aliphatic carbocycles. The molecule has 1 unspecified atom stereocenters. The normalized spacial score (nSPS) is 20.7. The van der Waals surface area contributed by atoms with Crippen LogP contribution in [-0.2, 0) is 10.3 Å². The molecule has 6 nitrogen and oxygen atoms in total. The Balaban J connectivity index is 0.00000240. The van der Waals surface area contributed by atoms with E-state index in [-0.39, 0.29) is 30.0 Å². The first-order chi connectivity index (χ1) is 13.6. The summed E-state index contributed by atoms with van der Waals surface area (Å²) in [7, 11) is 0. The summed E-state index contributed by atoms with van der Waals surface area (Å²) in [6.07, 6.45) is 5.90. The minimum absolute atomic E-state index is 0. The molecule has 1 amide bonds. The molecule has 2 aliphatic heterocycles. The summed E-state index contributed by atoms with van der Waals surface area (Å²) in [5, 5.41) is 18.4. The molecule has 2 saturated heterocycles. The highest BCUT2D eigenvalue weighted by molar-refractivity contribution is 5.85. The van der Waals surface area contributed by atoms with Crippen LogP contribution >= 0.6 is 12.4 Å². The van der Waals surface area contributed by atoms with E-state index in [0.29, 0.717) is 13.1 Å². The molecule has 2 fully saturated rings. The molecule has 1 aromatic heterocycles. The first-order valence-electron chi connectivity index (χ1n) is 10.0. The van der Waals surface area contributed by atoms with Gasteiger partial charge in [-0.3, -0.25) is 9.48 Å². The Morgan fingerprint density at radius 2 is 1.86 bits per heavy atom. The van der Waals surface area contributed by atoms with Crippen LogP contribution in [0.5, 0.6) is 0 Å². The zero-order chi connectivity index (χ0) is 19.6. The molecule has 158 valence electrons. The van der Waals surface area contributed by atoms with Crippen molar-refractivity contribution < 1.29 is 14.3 Å². The summed E-state index contributed by atoms with van der Waals surface area (Å²) in [6, 6.07) is 7.89. The molecule has 8 heteroatoms. The highest BCUT2D eigenvalue weighted by Crippen LogP contribution is 2.34. The van der Waals surface area contributed by atoms with Crippen molar-refractivity contribution in [2.24, 2.45) is 5.92 Å². The largest absolute Gasteiger partial charge is 0.388 e. The molecule has 2 aromatic rings. The van der Waals surface area contributed by atoms with Crippen molar-refractivity contribution in [2.75, 3.05) is 26.2 Å². The number of halogens is 2. The first kappa shape index (κ1) is 21.7. The summed E-state index contributed by atoms with van der Waals surface area (Å²) in [5.41, 5.74) is 0.120. The van der Waals surface area contributed by atoms with Crippen molar-refractivity contribution in [1.29, 1.82) is 0 Å². The third-order valence-corrected chi connectivity index (χ3v) is 6.26. The molecule has 2 N–H and O–H groups in total. The molecular weight excluding hydrogens is 395 g/mol. The fraction of sp³-hybridized carbons (Fsp3) is 0.524. The maximum atomic E-state index is 13.5. The number of carbonyl (C=O) groups excluding carboxylic acids is 1. The van der Waals surface area contributed by atoms with Crippen LogP contribution in [0.15, 0.2) is 42.7 Å². The van der Waals surface area contributed by atoms with E-state index in [0.717, 1.165) is 44.3 Å². The third-order valence-electron chi connectivity index (χ3n) is 6.26. The number of aliphatic hydroxyl groups excluding tert-OH is 1. The second kappa shape index (κ2) is 9.24. The van der Waals surface area contributed by atoms with Crippen molar-refractivity contribution in [3.8, 4) is 0 Å². The maximum Gasteiger partial charge on any atom is 0.250 e. The summed E-state index contributed by atoms with van der Waals surface area (Å²) >= 11 is 0. The van der Waals surface area contributed by atoms with Crippen molar-refractivity contribution >= 4 is 18.3 Å². The molecular formula is C21H28ClFN4O2. The highest BCUT2D eigenvalue weighted by atomic mass is 35.5. The van der Waals surface area contributed by atoms with E-state index < -0.39 is 11.6 Å². The van der Waals surface area contributed by atoms with Crippen LogP contribution in [0.3, 0.4) is 0 Å². The predicted octanol–water partition coefficient (Wildman–Crippen LogP) is 2.49. The van der Waals surface area contributed by atoms with Crippen LogP contribution in [0.4, 0.5) is 4.39 Å². The van der Waals surface area contributed by atoms with Gasteiger partial charge in [0.25, 0.3) is 5.91 Å². The quantitative estimate of drug-likeness (QED) is 0.794. The summed E-state index contributed by atoms with van der Waals surface area (Å²) in [5.74, 6) is -0.0992. The summed E-state index contributed by atoms with van der Waals surface area (Å²) < 4.78 is 15.0. The number of nitrogens with zero attached hydrogens (tertiary/aromatic N) is 3. The number of likely N-dealkylation sites (tertiary alicyclic amines) is 1. The number of aromatic nitrogens is 2. The van der Waals surface area contributed by atoms with Gasteiger partial charge in [0, 0.05) is 25.5 Å². The minimum Gasteiger partial charge on any atom is -0.388 e. The Kier molecular flexibility index (Phi) is 6.93. The summed E-state index contributed by atoms with van der Waals surface area (Å²) in [6.45, 7) is 2.84. The second-order valence-electron chi connectivity index (χ2n) is 7.86. The minimum atomic E-state index is -0.628. The van der Waals surface area contributed by atoms with Crippen LogP contribution in [0.2, 0.25) is 0 Å². The van der Waals surface area contributed by atoms with Crippen LogP contribution in [-0.4, -0.2) is 51.9 Å². The molecule has 29 heavy (non-hydrogen) atoms. The molecule has 2 aliphatic rings. The van der Waals surface area contributed by atoms with Crippen molar-refractivity contribution in [2.45, 2.75) is 37.3 Å². The molecule has 3 heterocycles. The van der Waals surface area contributed by atoms with Gasteiger partial charge in [-0.25, -0.2) is 4.39 Å². The average molecular weight is 423 g/mol. The Morgan fingerprint density at radius 1 is 1.21 bits per heavy atom. The van der Waals surface area contributed by atoms with Crippen LogP contribution in [0.1, 0.15) is 37.4 Å². The topological polar surface area (TPSA) is 70.4 Å². The molecule has 0 spiro atoms. The average Bonchev–Trinajstić information content (AvgIpc) is 3.29. The monoisotopic (exact) mass is 422 g/mol. The molecule has 1 atom stereocenters. The Bertz CT molecular complexity index is 786. The van der Waals surface area contributed by atoms with Crippen molar-refractivity contribution in [3.05, 3.63) is 54.1 Å². The number of carbonyl (C=O) groups is 1. The van der Waals surface area contributed by atoms with Gasteiger partial charge in [0.2, 0.25) is 0 Å². The number of hydrogen-bond donors (Lipinski definition) is 2. The van der Waals surface area contributed by atoms with Gasteiger partial charge in [-0.2, -0.15) is 5.10 Å².